The number of hydrogen-bond donors (Lipinski definition) is 2. The van der Waals surface area contributed by atoms with Gasteiger partial charge in [0, 0.05) is 55.9 Å². The van der Waals surface area contributed by atoms with E-state index in [4.69, 9.17) is 9.73 Å². The molecule has 5 rings (SSSR count). The molecule has 2 fully saturated rings. The molecule has 0 unspecified atom stereocenters. The normalized spacial score (nSPS) is 19.1. The van der Waals surface area contributed by atoms with Crippen LogP contribution in [0.5, 0.6) is 5.75 Å². The number of ether oxygens (including phenoxy) is 1. The second-order valence-corrected chi connectivity index (χ2v) is 8.53. The first-order chi connectivity index (χ1) is 15.4. The van der Waals surface area contributed by atoms with Crippen LogP contribution in [0.25, 0.3) is 11.1 Å². The molecule has 1 aromatic carbocycles. The van der Waals surface area contributed by atoms with Gasteiger partial charge in [-0.15, -0.1) is 0 Å². The number of carbonyl (C=O) groups excluding carboxylic acids is 3. The molecule has 1 spiro atoms. The Morgan fingerprint density at radius 1 is 1.25 bits per heavy atom. The summed E-state index contributed by atoms with van der Waals surface area (Å²) in [4.78, 5) is 43.0. The third kappa shape index (κ3) is 3.31. The van der Waals surface area contributed by atoms with E-state index in [2.05, 4.69) is 15.7 Å². The van der Waals surface area contributed by atoms with Crippen molar-refractivity contribution in [3.05, 3.63) is 30.1 Å². The fraction of sp³-hybridized carbons (Fsp3) is 0.409. The first-order valence-corrected chi connectivity index (χ1v) is 10.6. The van der Waals surface area contributed by atoms with Crippen molar-refractivity contribution in [1.29, 1.82) is 0 Å². The predicted octanol–water partition coefficient (Wildman–Crippen LogP) is 1.52. The second kappa shape index (κ2) is 7.47. The number of likely N-dealkylation sites (tertiary alicyclic amines) is 1. The van der Waals surface area contributed by atoms with Crippen molar-refractivity contribution in [1.82, 2.24) is 25.3 Å². The molecule has 0 aliphatic carbocycles. The number of methoxy groups -OCH3 is 1. The quantitative estimate of drug-likeness (QED) is 0.692. The zero-order valence-corrected chi connectivity index (χ0v) is 18.0. The molecule has 166 valence electrons. The van der Waals surface area contributed by atoms with Crippen LogP contribution in [-0.4, -0.2) is 58.6 Å². The molecule has 2 saturated heterocycles. The number of fused-ring (bicyclic) bond motifs is 1. The number of amides is 4. The summed E-state index contributed by atoms with van der Waals surface area (Å²) in [7, 11) is 3.47. The first kappa shape index (κ1) is 20.2. The lowest BCUT2D eigenvalue weighted by Crippen LogP contribution is -2.50. The molecule has 0 atom stereocenters. The standard InChI is InChI=1S/C22H24N6O4/c1-27-12-13(11-23-27)14-3-4-16(32-2)15-9-17(24-19(14)15)25-21(31)28-7-5-22(6-8-28)10-18(29)26-20(22)30/h3-4,11-12H,5-10H2,1-2H3,(H,24,25,31)(H,26,29,30). The van der Waals surface area contributed by atoms with Gasteiger partial charge in [-0.3, -0.25) is 24.9 Å². The number of nitrogens with zero attached hydrogens (tertiary/aromatic N) is 4. The number of amidine groups is 1. The van der Waals surface area contributed by atoms with E-state index in [0.29, 0.717) is 38.2 Å². The fourth-order valence-electron chi connectivity index (χ4n) is 4.75. The Kier molecular flexibility index (Phi) is 4.72. The van der Waals surface area contributed by atoms with Gasteiger partial charge in [-0.05, 0) is 25.0 Å². The number of aromatic nitrogens is 2. The molecule has 3 aliphatic heterocycles. The molecule has 0 saturated carbocycles. The van der Waals surface area contributed by atoms with Crippen LogP contribution in [0.1, 0.15) is 24.8 Å². The summed E-state index contributed by atoms with van der Waals surface area (Å²) in [5.41, 5.74) is 2.89. The van der Waals surface area contributed by atoms with Gasteiger partial charge in [-0.1, -0.05) is 0 Å². The molecule has 0 bridgehead atoms. The molecule has 2 aromatic rings. The van der Waals surface area contributed by atoms with E-state index < -0.39 is 5.41 Å². The van der Waals surface area contributed by atoms with E-state index in [9.17, 15) is 14.4 Å². The van der Waals surface area contributed by atoms with E-state index in [-0.39, 0.29) is 24.3 Å². The van der Waals surface area contributed by atoms with Gasteiger partial charge in [0.05, 0.1) is 24.4 Å². The Balaban J connectivity index is 1.31. The molecule has 32 heavy (non-hydrogen) atoms. The summed E-state index contributed by atoms with van der Waals surface area (Å²) in [6.07, 6.45) is 5.31. The topological polar surface area (TPSA) is 118 Å². The Morgan fingerprint density at radius 2 is 2.03 bits per heavy atom. The highest BCUT2D eigenvalue weighted by Gasteiger charge is 2.48. The smallest absolute Gasteiger partial charge is 0.322 e. The van der Waals surface area contributed by atoms with Crippen LogP contribution in [0, 0.1) is 5.41 Å². The lowest BCUT2D eigenvalue weighted by atomic mass is 9.77. The van der Waals surface area contributed by atoms with Crippen LogP contribution in [0.3, 0.4) is 0 Å². The van der Waals surface area contributed by atoms with Crippen LogP contribution >= 0.6 is 0 Å². The summed E-state index contributed by atoms with van der Waals surface area (Å²) in [6.45, 7) is 0.827. The maximum absolute atomic E-state index is 12.9. The maximum Gasteiger partial charge on any atom is 0.322 e. The SMILES string of the molecule is COc1ccc(-c2cnn(C)c2)c2c1CC(NC(=O)N1CCC3(CC1)CC(=O)NC3=O)=N2. The minimum atomic E-state index is -0.666. The number of piperidine rings is 1. The van der Waals surface area contributed by atoms with Gasteiger partial charge >= 0.3 is 6.03 Å². The van der Waals surface area contributed by atoms with Gasteiger partial charge in [0.25, 0.3) is 0 Å². The zero-order chi connectivity index (χ0) is 22.5. The highest BCUT2D eigenvalue weighted by Crippen LogP contribution is 2.42. The third-order valence-electron chi connectivity index (χ3n) is 6.56. The minimum absolute atomic E-state index is 0.209. The molecule has 4 amide bonds. The highest BCUT2D eigenvalue weighted by atomic mass is 16.5. The minimum Gasteiger partial charge on any atom is -0.496 e. The molecule has 3 aliphatic rings. The van der Waals surface area contributed by atoms with E-state index in [1.807, 2.05) is 25.4 Å². The van der Waals surface area contributed by atoms with Crippen LogP contribution < -0.4 is 15.4 Å². The van der Waals surface area contributed by atoms with Crippen molar-refractivity contribution >= 4 is 29.4 Å². The average molecular weight is 436 g/mol. The van der Waals surface area contributed by atoms with Crippen LogP contribution in [0.2, 0.25) is 0 Å². The zero-order valence-electron chi connectivity index (χ0n) is 18.0. The van der Waals surface area contributed by atoms with Gasteiger partial charge in [0.1, 0.15) is 11.6 Å². The number of benzene rings is 1. The van der Waals surface area contributed by atoms with E-state index >= 15 is 0 Å². The number of imide groups is 1. The summed E-state index contributed by atoms with van der Waals surface area (Å²) in [6, 6.07) is 3.60. The molecule has 1 aromatic heterocycles. The van der Waals surface area contributed by atoms with Crippen LogP contribution in [0.4, 0.5) is 10.5 Å². The number of aliphatic imine (C=N–C) groups is 1. The van der Waals surface area contributed by atoms with Gasteiger partial charge in [0.15, 0.2) is 0 Å². The first-order valence-electron chi connectivity index (χ1n) is 10.6. The monoisotopic (exact) mass is 436 g/mol. The van der Waals surface area contributed by atoms with Crippen molar-refractivity contribution in [3.8, 4) is 16.9 Å². The van der Waals surface area contributed by atoms with E-state index in [0.717, 1.165) is 28.1 Å². The van der Waals surface area contributed by atoms with Crippen molar-refractivity contribution in [2.45, 2.75) is 25.7 Å². The van der Waals surface area contributed by atoms with Gasteiger partial charge in [-0.25, -0.2) is 9.79 Å². The van der Waals surface area contributed by atoms with E-state index in [1.54, 1.807) is 22.9 Å². The number of aryl methyl sites for hydroxylation is 1. The van der Waals surface area contributed by atoms with Crippen molar-refractivity contribution < 1.29 is 19.1 Å². The molecule has 10 nitrogen and oxygen atoms in total. The van der Waals surface area contributed by atoms with Crippen LogP contribution in [-0.2, 0) is 23.1 Å². The second-order valence-electron chi connectivity index (χ2n) is 8.53. The number of urea groups is 1. The number of nitrogens with one attached hydrogen (secondary N) is 2. The summed E-state index contributed by atoms with van der Waals surface area (Å²) in [5.74, 6) is 0.823. The number of rotatable bonds is 2. The maximum atomic E-state index is 12.9. The fourth-order valence-corrected chi connectivity index (χ4v) is 4.75. The molecule has 0 radical (unpaired) electrons. The Bertz CT molecular complexity index is 1160. The lowest BCUT2D eigenvalue weighted by molar-refractivity contribution is -0.130. The third-order valence-corrected chi connectivity index (χ3v) is 6.56. The van der Waals surface area contributed by atoms with Gasteiger partial charge in [-0.2, -0.15) is 5.10 Å². The molecular formula is C22H24N6O4. The summed E-state index contributed by atoms with van der Waals surface area (Å²) in [5, 5.41) is 9.55. The molecular weight excluding hydrogens is 412 g/mol. The van der Waals surface area contributed by atoms with Crippen molar-refractivity contribution in [2.75, 3.05) is 20.2 Å². The van der Waals surface area contributed by atoms with Gasteiger partial charge < -0.3 is 9.64 Å². The lowest BCUT2D eigenvalue weighted by Gasteiger charge is -2.36. The molecule has 4 heterocycles. The average Bonchev–Trinajstić information content (AvgIpc) is 3.45. The van der Waals surface area contributed by atoms with Crippen LogP contribution in [0.15, 0.2) is 29.5 Å². The summed E-state index contributed by atoms with van der Waals surface area (Å²) < 4.78 is 7.24. The van der Waals surface area contributed by atoms with Crippen molar-refractivity contribution in [2.24, 2.45) is 17.5 Å². The highest BCUT2D eigenvalue weighted by molar-refractivity contribution is 6.06. The van der Waals surface area contributed by atoms with Crippen molar-refractivity contribution in [3.63, 3.8) is 0 Å². The molecule has 2 N–H and O–H groups in total. The largest absolute Gasteiger partial charge is 0.496 e. The Hall–Kier alpha value is -3.69. The van der Waals surface area contributed by atoms with Gasteiger partial charge in [0.2, 0.25) is 11.8 Å². The predicted molar refractivity (Wildman–Crippen MR) is 116 cm³/mol. The van der Waals surface area contributed by atoms with E-state index in [1.165, 1.54) is 0 Å². The number of carbonyl (C=O) groups is 3. The summed E-state index contributed by atoms with van der Waals surface area (Å²) >= 11 is 0. The Labute approximate surface area is 184 Å². The number of hydrogen-bond acceptors (Lipinski definition) is 6. The Morgan fingerprint density at radius 3 is 2.66 bits per heavy atom. The molecule has 10 heteroatoms.